The van der Waals surface area contributed by atoms with E-state index in [1.165, 1.54) is 0 Å². The van der Waals surface area contributed by atoms with Crippen molar-refractivity contribution in [2.75, 3.05) is 18.5 Å². The number of hydrogen-bond donors (Lipinski definition) is 1. The fraction of sp³-hybridized carbons (Fsp3) is 0.300. The molecule has 2 aromatic rings. The molecule has 0 bridgehead atoms. The second-order valence-electron chi connectivity index (χ2n) is 5.52. The van der Waals surface area contributed by atoms with Crippen LogP contribution in [0.25, 0.3) is 0 Å². The standard InChI is InChI=1S/C20H22ClNO4/c1-3-25-19(23)17(20(24)26-4-2)18(14-8-6-5-7-9-14)22-16-12-10-15(21)11-13-16/h5-13,17-18,22H,3-4H2,1-2H3/t18-/m1/s1. The summed E-state index contributed by atoms with van der Waals surface area (Å²) in [5.74, 6) is -2.38. The van der Waals surface area contributed by atoms with Crippen molar-refractivity contribution in [3.8, 4) is 0 Å². The van der Waals surface area contributed by atoms with E-state index in [-0.39, 0.29) is 13.2 Å². The topological polar surface area (TPSA) is 64.6 Å². The summed E-state index contributed by atoms with van der Waals surface area (Å²) in [4.78, 5) is 25.1. The fourth-order valence-electron chi connectivity index (χ4n) is 2.58. The molecule has 0 aliphatic rings. The number of rotatable bonds is 8. The molecule has 1 atom stereocenters. The highest BCUT2D eigenvalue weighted by atomic mass is 35.5. The van der Waals surface area contributed by atoms with E-state index in [1.807, 2.05) is 30.3 Å². The number of carbonyl (C=O) groups excluding carboxylic acids is 2. The molecular formula is C20H22ClNO4. The van der Waals surface area contributed by atoms with Gasteiger partial charge in [0.25, 0.3) is 0 Å². The predicted octanol–water partition coefficient (Wildman–Crippen LogP) is 4.24. The van der Waals surface area contributed by atoms with E-state index in [4.69, 9.17) is 21.1 Å². The van der Waals surface area contributed by atoms with Crippen molar-refractivity contribution in [2.45, 2.75) is 19.9 Å². The average molecular weight is 376 g/mol. The van der Waals surface area contributed by atoms with Gasteiger partial charge in [-0.2, -0.15) is 0 Å². The highest BCUT2D eigenvalue weighted by molar-refractivity contribution is 6.30. The highest BCUT2D eigenvalue weighted by Gasteiger charge is 2.38. The smallest absolute Gasteiger partial charge is 0.322 e. The van der Waals surface area contributed by atoms with Gasteiger partial charge in [0.15, 0.2) is 5.92 Å². The van der Waals surface area contributed by atoms with Crippen LogP contribution in [0.1, 0.15) is 25.5 Å². The van der Waals surface area contributed by atoms with Gasteiger partial charge in [-0.25, -0.2) is 0 Å². The summed E-state index contributed by atoms with van der Waals surface area (Å²) in [7, 11) is 0. The van der Waals surface area contributed by atoms with Gasteiger partial charge in [-0.05, 0) is 43.7 Å². The van der Waals surface area contributed by atoms with Gasteiger partial charge in [-0.15, -0.1) is 0 Å². The Hall–Kier alpha value is -2.53. The minimum Gasteiger partial charge on any atom is -0.465 e. The first kappa shape index (κ1) is 19.8. The Morgan fingerprint density at radius 3 is 1.96 bits per heavy atom. The third-order valence-corrected chi connectivity index (χ3v) is 3.99. The molecule has 0 aliphatic heterocycles. The number of benzene rings is 2. The lowest BCUT2D eigenvalue weighted by atomic mass is 9.92. The van der Waals surface area contributed by atoms with Crippen LogP contribution >= 0.6 is 11.6 Å². The zero-order valence-corrected chi connectivity index (χ0v) is 15.5. The number of hydrogen-bond acceptors (Lipinski definition) is 5. The molecule has 26 heavy (non-hydrogen) atoms. The molecule has 0 radical (unpaired) electrons. The Labute approximate surface area is 158 Å². The minimum atomic E-state index is -1.13. The van der Waals surface area contributed by atoms with E-state index in [0.29, 0.717) is 5.02 Å². The van der Waals surface area contributed by atoms with Gasteiger partial charge in [0, 0.05) is 10.7 Å². The van der Waals surface area contributed by atoms with Gasteiger partial charge >= 0.3 is 11.9 Å². The molecule has 0 saturated heterocycles. The Morgan fingerprint density at radius 2 is 1.46 bits per heavy atom. The Kier molecular flexibility index (Phi) is 7.48. The van der Waals surface area contributed by atoms with E-state index in [9.17, 15) is 9.59 Å². The summed E-state index contributed by atoms with van der Waals surface area (Å²) in [6.45, 7) is 3.75. The SMILES string of the molecule is CCOC(=O)C(C(=O)OCC)[C@H](Nc1ccc(Cl)cc1)c1ccccc1. The van der Waals surface area contributed by atoms with Gasteiger partial charge < -0.3 is 14.8 Å². The Bertz CT molecular complexity index is 700. The lowest BCUT2D eigenvalue weighted by molar-refractivity contribution is -0.162. The van der Waals surface area contributed by atoms with Gasteiger partial charge in [0.05, 0.1) is 19.3 Å². The summed E-state index contributed by atoms with van der Waals surface area (Å²) in [5, 5.41) is 3.84. The van der Waals surface area contributed by atoms with Crippen molar-refractivity contribution in [1.82, 2.24) is 0 Å². The van der Waals surface area contributed by atoms with Crippen LogP contribution in [0.4, 0.5) is 5.69 Å². The monoisotopic (exact) mass is 375 g/mol. The van der Waals surface area contributed by atoms with Crippen molar-refractivity contribution in [2.24, 2.45) is 5.92 Å². The molecule has 0 spiro atoms. The molecule has 0 aromatic heterocycles. The number of halogens is 1. The number of nitrogens with one attached hydrogen (secondary N) is 1. The van der Waals surface area contributed by atoms with Crippen molar-refractivity contribution >= 4 is 29.2 Å². The normalized spacial score (nSPS) is 11.7. The summed E-state index contributed by atoms with van der Waals surface area (Å²) in [6, 6.07) is 15.6. The second-order valence-corrected chi connectivity index (χ2v) is 5.96. The lowest BCUT2D eigenvalue weighted by Crippen LogP contribution is -2.36. The lowest BCUT2D eigenvalue weighted by Gasteiger charge is -2.26. The van der Waals surface area contributed by atoms with Gasteiger partial charge in [-0.3, -0.25) is 9.59 Å². The maximum atomic E-state index is 12.5. The van der Waals surface area contributed by atoms with Crippen LogP contribution in [0.15, 0.2) is 54.6 Å². The molecule has 0 unspecified atom stereocenters. The molecule has 0 aliphatic carbocycles. The Morgan fingerprint density at radius 1 is 0.923 bits per heavy atom. The van der Waals surface area contributed by atoms with Crippen LogP contribution in [0.3, 0.4) is 0 Å². The quantitative estimate of drug-likeness (QED) is 0.552. The van der Waals surface area contributed by atoms with E-state index >= 15 is 0 Å². The molecule has 5 nitrogen and oxygen atoms in total. The second kappa shape index (κ2) is 9.82. The largest absolute Gasteiger partial charge is 0.465 e. The van der Waals surface area contributed by atoms with Crippen LogP contribution in [0.5, 0.6) is 0 Å². The Balaban J connectivity index is 2.42. The minimum absolute atomic E-state index is 0.178. The molecule has 0 heterocycles. The number of anilines is 1. The van der Waals surface area contributed by atoms with Crippen LogP contribution in [0, 0.1) is 5.92 Å². The van der Waals surface area contributed by atoms with Crippen molar-refractivity contribution in [3.63, 3.8) is 0 Å². The van der Waals surface area contributed by atoms with Crippen LogP contribution < -0.4 is 5.32 Å². The van der Waals surface area contributed by atoms with E-state index in [1.54, 1.807) is 38.1 Å². The molecular weight excluding hydrogens is 354 g/mol. The number of ether oxygens (including phenoxy) is 2. The molecule has 1 N–H and O–H groups in total. The fourth-order valence-corrected chi connectivity index (χ4v) is 2.70. The third-order valence-electron chi connectivity index (χ3n) is 3.74. The molecule has 6 heteroatoms. The van der Waals surface area contributed by atoms with Gasteiger partial charge in [0.2, 0.25) is 0 Å². The molecule has 138 valence electrons. The van der Waals surface area contributed by atoms with Crippen molar-refractivity contribution in [1.29, 1.82) is 0 Å². The average Bonchev–Trinajstić information content (AvgIpc) is 2.64. The van der Waals surface area contributed by atoms with Crippen LogP contribution in [-0.4, -0.2) is 25.2 Å². The molecule has 0 amide bonds. The molecule has 0 saturated carbocycles. The highest BCUT2D eigenvalue weighted by Crippen LogP contribution is 2.29. The van der Waals surface area contributed by atoms with E-state index in [2.05, 4.69) is 5.32 Å². The van der Waals surface area contributed by atoms with Crippen LogP contribution in [0.2, 0.25) is 5.02 Å². The predicted molar refractivity (Wildman–Crippen MR) is 101 cm³/mol. The maximum Gasteiger partial charge on any atom is 0.322 e. The number of carbonyl (C=O) groups is 2. The molecule has 0 fully saturated rings. The first-order chi connectivity index (χ1) is 12.6. The van der Waals surface area contributed by atoms with Gasteiger partial charge in [0.1, 0.15) is 0 Å². The van der Waals surface area contributed by atoms with Crippen LogP contribution in [-0.2, 0) is 19.1 Å². The number of esters is 2. The summed E-state index contributed by atoms with van der Waals surface area (Å²) >= 11 is 5.94. The van der Waals surface area contributed by atoms with Gasteiger partial charge in [-0.1, -0.05) is 41.9 Å². The van der Waals surface area contributed by atoms with Crippen molar-refractivity contribution < 1.29 is 19.1 Å². The van der Waals surface area contributed by atoms with Crippen molar-refractivity contribution in [3.05, 3.63) is 65.2 Å². The van der Waals surface area contributed by atoms with E-state index < -0.39 is 23.9 Å². The summed E-state index contributed by atoms with van der Waals surface area (Å²) in [5.41, 5.74) is 1.50. The first-order valence-electron chi connectivity index (χ1n) is 8.47. The molecule has 2 rings (SSSR count). The van der Waals surface area contributed by atoms with E-state index in [0.717, 1.165) is 11.3 Å². The first-order valence-corrected chi connectivity index (χ1v) is 8.85. The third kappa shape index (κ3) is 5.23. The molecule has 2 aromatic carbocycles. The summed E-state index contributed by atoms with van der Waals surface area (Å²) in [6.07, 6.45) is 0. The summed E-state index contributed by atoms with van der Waals surface area (Å²) < 4.78 is 10.3. The zero-order chi connectivity index (χ0) is 18.9. The zero-order valence-electron chi connectivity index (χ0n) is 14.8. The maximum absolute atomic E-state index is 12.5.